The number of hydrogen-bond acceptors (Lipinski definition) is 2. The third kappa shape index (κ3) is 5.80. The van der Waals surface area contributed by atoms with E-state index in [2.05, 4.69) is 61.3 Å². The molecule has 0 amide bonds. The van der Waals surface area contributed by atoms with Crippen LogP contribution in [-0.2, 0) is 0 Å². The highest BCUT2D eigenvalue weighted by Gasteiger charge is 2.28. The first-order valence-electron chi connectivity index (χ1n) is 8.70. The van der Waals surface area contributed by atoms with Gasteiger partial charge in [-0.2, -0.15) is 0 Å². The standard InChI is InChI=1S/C19H32N2/c1-4-12-21(15-17-10-11-17)19(14-20-13-16(2)3)18-8-6-5-7-9-18/h5-9,16-17,19-20H,4,10-15H2,1-3H3. The van der Waals surface area contributed by atoms with Crippen molar-refractivity contribution >= 4 is 0 Å². The topological polar surface area (TPSA) is 15.3 Å². The van der Waals surface area contributed by atoms with E-state index in [1.165, 1.54) is 37.9 Å². The third-order valence-corrected chi connectivity index (χ3v) is 4.22. The summed E-state index contributed by atoms with van der Waals surface area (Å²) in [6.45, 7) is 11.5. The highest BCUT2D eigenvalue weighted by Crippen LogP contribution is 2.32. The van der Waals surface area contributed by atoms with Gasteiger partial charge in [-0.25, -0.2) is 0 Å². The predicted molar refractivity (Wildman–Crippen MR) is 91.5 cm³/mol. The first kappa shape index (κ1) is 16.5. The van der Waals surface area contributed by atoms with Crippen LogP contribution < -0.4 is 5.32 Å². The summed E-state index contributed by atoms with van der Waals surface area (Å²) in [5.74, 6) is 1.66. The summed E-state index contributed by atoms with van der Waals surface area (Å²) >= 11 is 0. The van der Waals surface area contributed by atoms with Gasteiger partial charge in [-0.15, -0.1) is 0 Å². The molecule has 1 atom stereocenters. The van der Waals surface area contributed by atoms with Crippen LogP contribution in [0.5, 0.6) is 0 Å². The molecular weight excluding hydrogens is 256 g/mol. The van der Waals surface area contributed by atoms with Crippen molar-refractivity contribution in [2.45, 2.75) is 46.1 Å². The van der Waals surface area contributed by atoms with Gasteiger partial charge >= 0.3 is 0 Å². The van der Waals surface area contributed by atoms with Crippen molar-refractivity contribution < 1.29 is 0 Å². The van der Waals surface area contributed by atoms with Gasteiger partial charge in [-0.05, 0) is 49.8 Å². The molecule has 0 aliphatic heterocycles. The lowest BCUT2D eigenvalue weighted by atomic mass is 10.0. The highest BCUT2D eigenvalue weighted by molar-refractivity contribution is 5.19. The Morgan fingerprint density at radius 1 is 1.14 bits per heavy atom. The minimum atomic E-state index is 0.519. The lowest BCUT2D eigenvalue weighted by Crippen LogP contribution is -2.38. The van der Waals surface area contributed by atoms with Crippen LogP contribution in [0, 0.1) is 11.8 Å². The van der Waals surface area contributed by atoms with Crippen LogP contribution in [-0.4, -0.2) is 31.1 Å². The Morgan fingerprint density at radius 2 is 1.86 bits per heavy atom. The molecule has 2 heteroatoms. The third-order valence-electron chi connectivity index (χ3n) is 4.22. The van der Waals surface area contributed by atoms with Crippen molar-refractivity contribution in [3.63, 3.8) is 0 Å². The molecule has 2 rings (SSSR count). The molecule has 0 spiro atoms. The average Bonchev–Trinajstić information content (AvgIpc) is 3.28. The fourth-order valence-corrected chi connectivity index (χ4v) is 2.94. The molecule has 1 saturated carbocycles. The molecular formula is C19H32N2. The van der Waals surface area contributed by atoms with Crippen molar-refractivity contribution in [3.05, 3.63) is 35.9 Å². The largest absolute Gasteiger partial charge is 0.315 e. The van der Waals surface area contributed by atoms with Crippen LogP contribution in [0.4, 0.5) is 0 Å². The Kier molecular flexibility index (Phi) is 6.72. The molecule has 0 saturated heterocycles. The maximum atomic E-state index is 3.67. The van der Waals surface area contributed by atoms with Crippen molar-refractivity contribution in [3.8, 4) is 0 Å². The summed E-state index contributed by atoms with van der Waals surface area (Å²) in [5.41, 5.74) is 1.46. The van der Waals surface area contributed by atoms with Crippen LogP contribution in [0.2, 0.25) is 0 Å². The average molecular weight is 288 g/mol. The zero-order valence-electron chi connectivity index (χ0n) is 14.0. The summed E-state index contributed by atoms with van der Waals surface area (Å²) in [7, 11) is 0. The van der Waals surface area contributed by atoms with E-state index in [1.54, 1.807) is 0 Å². The first-order valence-corrected chi connectivity index (χ1v) is 8.70. The summed E-state index contributed by atoms with van der Waals surface area (Å²) in [6.07, 6.45) is 4.10. The molecule has 118 valence electrons. The van der Waals surface area contributed by atoms with E-state index in [4.69, 9.17) is 0 Å². The smallest absolute Gasteiger partial charge is 0.0472 e. The summed E-state index contributed by atoms with van der Waals surface area (Å²) in [5, 5.41) is 3.67. The van der Waals surface area contributed by atoms with Gasteiger partial charge in [0, 0.05) is 19.1 Å². The summed E-state index contributed by atoms with van der Waals surface area (Å²) in [6, 6.07) is 11.6. The van der Waals surface area contributed by atoms with E-state index >= 15 is 0 Å². The Balaban J connectivity index is 2.04. The quantitative estimate of drug-likeness (QED) is 0.697. The molecule has 0 radical (unpaired) electrons. The van der Waals surface area contributed by atoms with E-state index in [1.807, 2.05) is 0 Å². The molecule has 0 heterocycles. The van der Waals surface area contributed by atoms with Crippen molar-refractivity contribution in [1.82, 2.24) is 10.2 Å². The van der Waals surface area contributed by atoms with Crippen molar-refractivity contribution in [2.75, 3.05) is 26.2 Å². The number of hydrogen-bond donors (Lipinski definition) is 1. The molecule has 0 bridgehead atoms. The van der Waals surface area contributed by atoms with Gasteiger partial charge in [-0.3, -0.25) is 4.90 Å². The monoisotopic (exact) mass is 288 g/mol. The molecule has 2 nitrogen and oxygen atoms in total. The summed E-state index contributed by atoms with van der Waals surface area (Å²) < 4.78 is 0. The van der Waals surface area contributed by atoms with Crippen LogP contribution >= 0.6 is 0 Å². The second kappa shape index (κ2) is 8.55. The minimum Gasteiger partial charge on any atom is -0.315 e. The molecule has 1 aromatic rings. The van der Waals surface area contributed by atoms with Crippen molar-refractivity contribution in [2.24, 2.45) is 11.8 Å². The van der Waals surface area contributed by atoms with E-state index in [-0.39, 0.29) is 0 Å². The van der Waals surface area contributed by atoms with Gasteiger partial charge in [0.1, 0.15) is 0 Å². The van der Waals surface area contributed by atoms with Gasteiger partial charge in [0.15, 0.2) is 0 Å². The minimum absolute atomic E-state index is 0.519. The molecule has 1 aromatic carbocycles. The van der Waals surface area contributed by atoms with Gasteiger partial charge in [0.25, 0.3) is 0 Å². The summed E-state index contributed by atoms with van der Waals surface area (Å²) in [4.78, 5) is 2.71. The zero-order valence-corrected chi connectivity index (χ0v) is 14.0. The molecule has 21 heavy (non-hydrogen) atoms. The Bertz CT molecular complexity index is 384. The van der Waals surface area contributed by atoms with E-state index in [9.17, 15) is 0 Å². The molecule has 1 aliphatic carbocycles. The predicted octanol–water partition coefficient (Wildman–Crippen LogP) is 4.10. The molecule has 1 aliphatic rings. The highest BCUT2D eigenvalue weighted by atomic mass is 15.2. The molecule has 1 N–H and O–H groups in total. The van der Waals surface area contributed by atoms with Crippen LogP contribution in [0.3, 0.4) is 0 Å². The first-order chi connectivity index (χ1) is 10.2. The Hall–Kier alpha value is -0.860. The van der Waals surface area contributed by atoms with Crippen molar-refractivity contribution in [1.29, 1.82) is 0 Å². The van der Waals surface area contributed by atoms with E-state index < -0.39 is 0 Å². The second-order valence-electron chi connectivity index (χ2n) is 6.92. The van der Waals surface area contributed by atoms with Crippen LogP contribution in [0.15, 0.2) is 30.3 Å². The maximum absolute atomic E-state index is 3.67. The van der Waals surface area contributed by atoms with Gasteiger partial charge in [0.05, 0.1) is 0 Å². The number of rotatable bonds is 10. The lowest BCUT2D eigenvalue weighted by molar-refractivity contribution is 0.183. The van der Waals surface area contributed by atoms with Gasteiger partial charge in [-0.1, -0.05) is 51.1 Å². The maximum Gasteiger partial charge on any atom is 0.0472 e. The van der Waals surface area contributed by atoms with Crippen LogP contribution in [0.25, 0.3) is 0 Å². The fraction of sp³-hybridized carbons (Fsp3) is 0.684. The van der Waals surface area contributed by atoms with Gasteiger partial charge < -0.3 is 5.32 Å². The molecule has 0 aromatic heterocycles. The SMILES string of the molecule is CCCN(CC1CC1)C(CNCC(C)C)c1ccccc1. The van der Waals surface area contributed by atoms with E-state index in [0.717, 1.165) is 19.0 Å². The van der Waals surface area contributed by atoms with Gasteiger partial charge in [0.2, 0.25) is 0 Å². The van der Waals surface area contributed by atoms with E-state index in [0.29, 0.717) is 12.0 Å². The number of nitrogens with zero attached hydrogens (tertiary/aromatic N) is 1. The Morgan fingerprint density at radius 3 is 2.43 bits per heavy atom. The normalized spacial score (nSPS) is 16.6. The fourth-order valence-electron chi connectivity index (χ4n) is 2.94. The number of benzene rings is 1. The number of nitrogens with one attached hydrogen (secondary N) is 1. The molecule has 1 unspecified atom stereocenters. The second-order valence-corrected chi connectivity index (χ2v) is 6.92. The van der Waals surface area contributed by atoms with Crippen LogP contribution in [0.1, 0.15) is 51.6 Å². The Labute approximate surface area is 130 Å². The lowest BCUT2D eigenvalue weighted by Gasteiger charge is -2.32. The molecule has 1 fully saturated rings. The zero-order chi connectivity index (χ0) is 15.1.